The average molecular weight is 215 g/mol. The molecule has 1 aromatic carbocycles. The highest BCUT2D eigenvalue weighted by atomic mass is 16.6. The molecular weight excluding hydrogens is 206 g/mol. The number of rotatable bonds is 2. The largest absolute Gasteiger partial charge is 0.399 e. The summed E-state index contributed by atoms with van der Waals surface area (Å²) < 4.78 is 0. The van der Waals surface area contributed by atoms with Gasteiger partial charge in [-0.15, -0.1) is 0 Å². The molecule has 0 atom stereocenters. The van der Waals surface area contributed by atoms with E-state index in [9.17, 15) is 10.1 Å². The van der Waals surface area contributed by atoms with Crippen LogP contribution in [0, 0.1) is 10.1 Å². The maximum atomic E-state index is 10.7. The topological polar surface area (TPSA) is 82.0 Å². The molecule has 0 aliphatic heterocycles. The molecule has 2 N–H and O–H groups in total. The van der Waals surface area contributed by atoms with Crippen molar-refractivity contribution >= 4 is 11.4 Å². The Morgan fingerprint density at radius 2 is 2.06 bits per heavy atom. The number of nitro groups is 1. The van der Waals surface area contributed by atoms with Crippen LogP contribution in [0.1, 0.15) is 0 Å². The van der Waals surface area contributed by atoms with E-state index >= 15 is 0 Å². The molecule has 1 heterocycles. The van der Waals surface area contributed by atoms with Crippen LogP contribution in [0.15, 0.2) is 42.6 Å². The lowest BCUT2D eigenvalue weighted by molar-refractivity contribution is -0.384. The van der Waals surface area contributed by atoms with E-state index < -0.39 is 4.92 Å². The van der Waals surface area contributed by atoms with Gasteiger partial charge in [-0.1, -0.05) is 6.07 Å². The number of nitro benzene ring substituents is 1. The van der Waals surface area contributed by atoms with Gasteiger partial charge in [0.05, 0.1) is 10.6 Å². The van der Waals surface area contributed by atoms with Crippen molar-refractivity contribution in [2.75, 3.05) is 5.73 Å². The molecule has 0 saturated heterocycles. The number of hydrogen-bond donors (Lipinski definition) is 1. The molecule has 1 aromatic heterocycles. The summed E-state index contributed by atoms with van der Waals surface area (Å²) >= 11 is 0. The number of nitrogens with zero attached hydrogens (tertiary/aromatic N) is 2. The zero-order valence-electron chi connectivity index (χ0n) is 8.33. The van der Waals surface area contributed by atoms with Gasteiger partial charge in [-0.05, 0) is 18.2 Å². The average Bonchev–Trinajstić information content (AvgIpc) is 2.29. The third kappa shape index (κ3) is 1.98. The Balaban J connectivity index is 2.54. The van der Waals surface area contributed by atoms with E-state index in [4.69, 9.17) is 5.73 Å². The Morgan fingerprint density at radius 1 is 1.25 bits per heavy atom. The summed E-state index contributed by atoms with van der Waals surface area (Å²) in [7, 11) is 0. The van der Waals surface area contributed by atoms with Crippen LogP contribution < -0.4 is 5.73 Å². The Labute approximate surface area is 91.7 Å². The minimum Gasteiger partial charge on any atom is -0.399 e. The summed E-state index contributed by atoms with van der Waals surface area (Å²) in [6.45, 7) is 0. The van der Waals surface area contributed by atoms with Gasteiger partial charge >= 0.3 is 0 Å². The predicted molar refractivity (Wildman–Crippen MR) is 60.7 cm³/mol. The van der Waals surface area contributed by atoms with Gasteiger partial charge in [0.15, 0.2) is 0 Å². The second-order valence-electron chi connectivity index (χ2n) is 3.29. The molecule has 5 heteroatoms. The van der Waals surface area contributed by atoms with Crippen LogP contribution in [-0.4, -0.2) is 9.91 Å². The lowest BCUT2D eigenvalue weighted by Crippen LogP contribution is -1.93. The fourth-order valence-electron chi connectivity index (χ4n) is 1.42. The fourth-order valence-corrected chi connectivity index (χ4v) is 1.42. The molecule has 2 aromatic rings. The van der Waals surface area contributed by atoms with Crippen molar-refractivity contribution in [3.8, 4) is 11.3 Å². The summed E-state index contributed by atoms with van der Waals surface area (Å²) in [4.78, 5) is 14.3. The van der Waals surface area contributed by atoms with Crippen molar-refractivity contribution in [1.29, 1.82) is 0 Å². The van der Waals surface area contributed by atoms with Crippen molar-refractivity contribution in [1.82, 2.24) is 4.98 Å². The molecule has 16 heavy (non-hydrogen) atoms. The number of anilines is 1. The highest BCUT2D eigenvalue weighted by molar-refractivity contribution is 5.68. The van der Waals surface area contributed by atoms with Crippen molar-refractivity contribution in [2.45, 2.75) is 0 Å². The van der Waals surface area contributed by atoms with Crippen LogP contribution in [0.25, 0.3) is 11.3 Å². The number of nitrogen functional groups attached to an aromatic ring is 1. The first-order valence-electron chi connectivity index (χ1n) is 4.63. The van der Waals surface area contributed by atoms with Gasteiger partial charge in [-0.3, -0.25) is 15.1 Å². The standard InChI is InChI=1S/C11H9N3O2/c12-9-5-8(6-10(7-9)14(15)16)11-3-1-2-4-13-11/h1-7H,12H2. The summed E-state index contributed by atoms with van der Waals surface area (Å²) in [5, 5.41) is 10.7. The SMILES string of the molecule is Nc1cc(-c2ccccn2)cc([N+](=O)[O-])c1. The molecule has 0 aliphatic rings. The number of nitrogens with two attached hydrogens (primary N) is 1. The minimum absolute atomic E-state index is 0.0272. The highest BCUT2D eigenvalue weighted by Crippen LogP contribution is 2.25. The molecule has 5 nitrogen and oxygen atoms in total. The monoisotopic (exact) mass is 215 g/mol. The lowest BCUT2D eigenvalue weighted by Gasteiger charge is -2.02. The first-order valence-corrected chi connectivity index (χ1v) is 4.63. The van der Waals surface area contributed by atoms with Crippen LogP contribution in [0.5, 0.6) is 0 Å². The second kappa shape index (κ2) is 3.98. The number of non-ortho nitro benzene ring substituents is 1. The predicted octanol–water partition coefficient (Wildman–Crippen LogP) is 2.24. The normalized spacial score (nSPS) is 10.0. The maximum absolute atomic E-state index is 10.7. The molecule has 0 spiro atoms. The van der Waals surface area contributed by atoms with Gasteiger partial charge in [0, 0.05) is 29.6 Å². The Morgan fingerprint density at radius 3 is 2.69 bits per heavy atom. The Hall–Kier alpha value is -2.43. The molecule has 2 rings (SSSR count). The Bertz CT molecular complexity index is 526. The smallest absolute Gasteiger partial charge is 0.272 e. The van der Waals surface area contributed by atoms with Crippen LogP contribution in [0.3, 0.4) is 0 Å². The van der Waals surface area contributed by atoms with Gasteiger partial charge in [-0.25, -0.2) is 0 Å². The van der Waals surface area contributed by atoms with Crippen molar-refractivity contribution in [3.05, 3.63) is 52.7 Å². The fraction of sp³-hybridized carbons (Fsp3) is 0. The highest BCUT2D eigenvalue weighted by Gasteiger charge is 2.09. The molecule has 0 aliphatic carbocycles. The van der Waals surface area contributed by atoms with Gasteiger partial charge in [-0.2, -0.15) is 0 Å². The molecule has 80 valence electrons. The number of aromatic nitrogens is 1. The first kappa shape index (κ1) is 10.1. The number of pyridine rings is 1. The third-order valence-corrected chi connectivity index (χ3v) is 2.11. The van der Waals surface area contributed by atoms with E-state index in [1.165, 1.54) is 12.1 Å². The number of hydrogen-bond acceptors (Lipinski definition) is 4. The van der Waals surface area contributed by atoms with Gasteiger partial charge in [0.1, 0.15) is 0 Å². The lowest BCUT2D eigenvalue weighted by atomic mass is 10.1. The minimum atomic E-state index is -0.469. The van der Waals surface area contributed by atoms with Gasteiger partial charge in [0.25, 0.3) is 5.69 Å². The first-order chi connectivity index (χ1) is 7.66. The summed E-state index contributed by atoms with van der Waals surface area (Å²) in [6.07, 6.45) is 1.63. The van der Waals surface area contributed by atoms with E-state index in [-0.39, 0.29) is 5.69 Å². The van der Waals surface area contributed by atoms with Crippen molar-refractivity contribution < 1.29 is 4.92 Å². The van der Waals surface area contributed by atoms with Crippen LogP contribution in [0.4, 0.5) is 11.4 Å². The maximum Gasteiger partial charge on any atom is 0.272 e. The molecule has 0 unspecified atom stereocenters. The summed E-state index contributed by atoms with van der Waals surface area (Å²) in [5.74, 6) is 0. The van der Waals surface area contributed by atoms with Gasteiger partial charge in [0.2, 0.25) is 0 Å². The summed E-state index contributed by atoms with van der Waals surface area (Å²) in [6, 6.07) is 9.82. The molecule has 0 saturated carbocycles. The Kier molecular flexibility index (Phi) is 2.51. The van der Waals surface area contributed by atoms with Crippen molar-refractivity contribution in [2.24, 2.45) is 0 Å². The van der Waals surface area contributed by atoms with Gasteiger partial charge < -0.3 is 5.73 Å². The van der Waals surface area contributed by atoms with Crippen LogP contribution in [-0.2, 0) is 0 Å². The summed E-state index contributed by atoms with van der Waals surface area (Å²) in [5.41, 5.74) is 7.24. The zero-order chi connectivity index (χ0) is 11.5. The second-order valence-corrected chi connectivity index (χ2v) is 3.29. The zero-order valence-corrected chi connectivity index (χ0v) is 8.33. The quantitative estimate of drug-likeness (QED) is 0.473. The van der Waals surface area contributed by atoms with Crippen LogP contribution in [0.2, 0.25) is 0 Å². The molecule has 0 bridgehead atoms. The molecule has 0 radical (unpaired) electrons. The third-order valence-electron chi connectivity index (χ3n) is 2.11. The molecule has 0 amide bonds. The van der Waals surface area contributed by atoms with Crippen LogP contribution >= 0.6 is 0 Å². The number of benzene rings is 1. The molecule has 0 fully saturated rings. The van der Waals surface area contributed by atoms with E-state index in [0.717, 1.165) is 0 Å². The van der Waals surface area contributed by atoms with Crippen molar-refractivity contribution in [3.63, 3.8) is 0 Å². The van der Waals surface area contributed by atoms with E-state index in [0.29, 0.717) is 16.9 Å². The van der Waals surface area contributed by atoms with E-state index in [1.54, 1.807) is 24.4 Å². The molecular formula is C11H9N3O2. The van der Waals surface area contributed by atoms with E-state index in [1.807, 2.05) is 6.07 Å². The van der Waals surface area contributed by atoms with E-state index in [2.05, 4.69) is 4.98 Å².